The molecule has 0 aliphatic carbocycles. The van der Waals surface area contributed by atoms with E-state index in [0.29, 0.717) is 19.4 Å². The monoisotopic (exact) mass is 735 g/mol. The second kappa shape index (κ2) is 27.7. The number of unbranched alkanes of at least 4 members (excludes halogenated alkanes) is 16. The van der Waals surface area contributed by atoms with Crippen LogP contribution in [0.3, 0.4) is 0 Å². The molecule has 1 heterocycles. The number of nitrogens with one attached hydrogen (secondary N) is 1. The van der Waals surface area contributed by atoms with Crippen LogP contribution in [-0.4, -0.2) is 48.3 Å². The van der Waals surface area contributed by atoms with E-state index >= 15 is 0 Å². The Bertz CT molecular complexity index is 1320. The first-order chi connectivity index (χ1) is 26.0. The average molecular weight is 736 g/mol. The van der Waals surface area contributed by atoms with Gasteiger partial charge in [0.15, 0.2) is 11.9 Å². The SMILES string of the molecule is CCCCCCCCCCCCCCCCCC(=O)NCCCCCC(=O)OC[C@H](O)[C@H]1OC(=O)C(OCc2ccccc2)=C1OCc1ccccc1. The summed E-state index contributed by atoms with van der Waals surface area (Å²) in [5, 5.41) is 13.9. The van der Waals surface area contributed by atoms with E-state index in [1.165, 1.54) is 83.5 Å². The number of hydrogen-bond donors (Lipinski definition) is 2. The largest absolute Gasteiger partial charge is 0.485 e. The van der Waals surface area contributed by atoms with Crippen molar-refractivity contribution in [3.63, 3.8) is 0 Å². The van der Waals surface area contributed by atoms with Gasteiger partial charge in [-0.05, 0) is 30.4 Å². The molecule has 0 aromatic heterocycles. The van der Waals surface area contributed by atoms with Gasteiger partial charge < -0.3 is 29.4 Å². The zero-order valence-electron chi connectivity index (χ0n) is 32.2. The van der Waals surface area contributed by atoms with Crippen LogP contribution in [0.2, 0.25) is 0 Å². The van der Waals surface area contributed by atoms with Crippen molar-refractivity contribution in [2.75, 3.05) is 13.2 Å². The van der Waals surface area contributed by atoms with Crippen LogP contribution in [0, 0.1) is 0 Å². The maximum absolute atomic E-state index is 12.8. The zero-order valence-corrected chi connectivity index (χ0v) is 32.2. The normalized spacial score (nSPS) is 14.5. The van der Waals surface area contributed by atoms with Crippen LogP contribution in [0.4, 0.5) is 0 Å². The molecule has 53 heavy (non-hydrogen) atoms. The summed E-state index contributed by atoms with van der Waals surface area (Å²) < 4.78 is 22.5. The van der Waals surface area contributed by atoms with Gasteiger partial charge in [-0.2, -0.15) is 0 Å². The fraction of sp³-hybridized carbons (Fsp3) is 0.614. The van der Waals surface area contributed by atoms with Crippen LogP contribution in [0.25, 0.3) is 0 Å². The van der Waals surface area contributed by atoms with Crippen molar-refractivity contribution in [2.45, 2.75) is 161 Å². The number of benzene rings is 2. The summed E-state index contributed by atoms with van der Waals surface area (Å²) >= 11 is 0. The molecule has 1 aliphatic rings. The molecule has 1 aliphatic heterocycles. The fourth-order valence-corrected chi connectivity index (χ4v) is 6.33. The van der Waals surface area contributed by atoms with Gasteiger partial charge in [-0.25, -0.2) is 4.79 Å². The molecule has 9 heteroatoms. The number of rotatable bonds is 31. The predicted octanol–water partition coefficient (Wildman–Crippen LogP) is 9.40. The van der Waals surface area contributed by atoms with Gasteiger partial charge in [0.2, 0.25) is 11.7 Å². The maximum Gasteiger partial charge on any atom is 0.378 e. The van der Waals surface area contributed by atoms with Crippen molar-refractivity contribution in [3.8, 4) is 0 Å². The Balaban J connectivity index is 1.22. The molecule has 1 amide bonds. The third kappa shape index (κ3) is 19.2. The third-order valence-corrected chi connectivity index (χ3v) is 9.52. The van der Waals surface area contributed by atoms with E-state index in [0.717, 1.165) is 36.8 Å². The lowest BCUT2D eigenvalue weighted by atomic mass is 10.0. The Kier molecular flexibility index (Phi) is 22.8. The van der Waals surface area contributed by atoms with E-state index in [2.05, 4.69) is 12.2 Å². The molecule has 0 radical (unpaired) electrons. The quantitative estimate of drug-likeness (QED) is 0.0581. The Morgan fingerprint density at radius 2 is 1.17 bits per heavy atom. The van der Waals surface area contributed by atoms with Gasteiger partial charge in [0.1, 0.15) is 25.9 Å². The molecule has 0 saturated heterocycles. The van der Waals surface area contributed by atoms with E-state index in [1.54, 1.807) is 0 Å². The minimum Gasteiger partial charge on any atom is -0.485 e. The summed E-state index contributed by atoms with van der Waals surface area (Å²) in [5.41, 5.74) is 1.71. The Labute approximate surface area is 318 Å². The molecule has 0 saturated carbocycles. The van der Waals surface area contributed by atoms with Gasteiger partial charge in [0.05, 0.1) is 0 Å². The molecule has 0 unspecified atom stereocenters. The van der Waals surface area contributed by atoms with Gasteiger partial charge in [-0.3, -0.25) is 9.59 Å². The van der Waals surface area contributed by atoms with E-state index < -0.39 is 24.1 Å². The van der Waals surface area contributed by atoms with Crippen molar-refractivity contribution >= 4 is 17.8 Å². The van der Waals surface area contributed by atoms with Crippen LogP contribution >= 0.6 is 0 Å². The van der Waals surface area contributed by atoms with Crippen LogP contribution in [0.5, 0.6) is 0 Å². The molecule has 0 spiro atoms. The molecule has 0 bridgehead atoms. The molecular weight excluding hydrogens is 670 g/mol. The summed E-state index contributed by atoms with van der Waals surface area (Å²) in [5.74, 6) is -1.15. The van der Waals surface area contributed by atoms with E-state index in [1.807, 2.05) is 60.7 Å². The van der Waals surface area contributed by atoms with Crippen LogP contribution < -0.4 is 5.32 Å². The number of cyclic esters (lactones) is 1. The second-order valence-electron chi connectivity index (χ2n) is 14.2. The van der Waals surface area contributed by atoms with E-state index in [4.69, 9.17) is 18.9 Å². The van der Waals surface area contributed by atoms with Crippen LogP contribution in [0.15, 0.2) is 72.2 Å². The van der Waals surface area contributed by atoms with Gasteiger partial charge in [0, 0.05) is 19.4 Å². The summed E-state index contributed by atoms with van der Waals surface area (Å²) in [7, 11) is 0. The summed E-state index contributed by atoms with van der Waals surface area (Å²) in [6.07, 6.45) is 20.0. The standard InChI is InChI=1S/C44H65NO8/c1-2-3-4-5-6-7-8-9-10-11-12-13-14-15-23-30-39(47)45-32-25-18-24-31-40(48)50-35-38(46)41-42(51-33-36-26-19-16-20-27-36)43(44(49)53-41)52-34-37-28-21-17-22-29-37/h16-17,19-22,26-29,38,41,46H,2-15,18,23-25,30-35H2,1H3,(H,45,47)/t38-,41+/m0/s1. The lowest BCUT2D eigenvalue weighted by molar-refractivity contribution is -0.155. The molecule has 2 N–H and O–H groups in total. The minimum absolute atomic E-state index is 0.0694. The minimum atomic E-state index is -1.34. The van der Waals surface area contributed by atoms with Gasteiger partial charge in [-0.1, -0.05) is 164 Å². The average Bonchev–Trinajstić information content (AvgIpc) is 3.50. The first-order valence-electron chi connectivity index (χ1n) is 20.4. The van der Waals surface area contributed by atoms with Gasteiger partial charge in [0.25, 0.3) is 0 Å². The van der Waals surface area contributed by atoms with Gasteiger partial charge >= 0.3 is 11.9 Å². The Morgan fingerprint density at radius 1 is 0.679 bits per heavy atom. The lowest BCUT2D eigenvalue weighted by Crippen LogP contribution is -2.34. The van der Waals surface area contributed by atoms with Crippen molar-refractivity contribution < 1.29 is 38.4 Å². The number of carbonyl (C=O) groups excluding carboxylic acids is 3. The van der Waals surface area contributed by atoms with Crippen molar-refractivity contribution in [3.05, 3.63) is 83.3 Å². The molecule has 3 rings (SSSR count). The maximum atomic E-state index is 12.8. The summed E-state index contributed by atoms with van der Waals surface area (Å²) in [4.78, 5) is 37.4. The topological polar surface area (TPSA) is 120 Å². The molecule has 0 fully saturated rings. The van der Waals surface area contributed by atoms with Crippen molar-refractivity contribution in [1.82, 2.24) is 5.32 Å². The highest BCUT2D eigenvalue weighted by Crippen LogP contribution is 2.29. The Morgan fingerprint density at radius 3 is 1.74 bits per heavy atom. The highest BCUT2D eigenvalue weighted by atomic mass is 16.6. The number of aliphatic hydroxyl groups excluding tert-OH is 1. The van der Waals surface area contributed by atoms with E-state index in [9.17, 15) is 19.5 Å². The highest BCUT2D eigenvalue weighted by molar-refractivity contribution is 5.89. The molecule has 2 atom stereocenters. The first-order valence-corrected chi connectivity index (χ1v) is 20.4. The van der Waals surface area contributed by atoms with Crippen molar-refractivity contribution in [2.24, 2.45) is 0 Å². The van der Waals surface area contributed by atoms with Crippen LogP contribution in [-0.2, 0) is 46.5 Å². The zero-order chi connectivity index (χ0) is 37.8. The molecule has 9 nitrogen and oxygen atoms in total. The number of ether oxygens (including phenoxy) is 4. The van der Waals surface area contributed by atoms with E-state index in [-0.39, 0.29) is 43.7 Å². The smallest absolute Gasteiger partial charge is 0.378 e. The summed E-state index contributed by atoms with van der Waals surface area (Å²) in [6, 6.07) is 18.8. The number of esters is 2. The van der Waals surface area contributed by atoms with Crippen molar-refractivity contribution in [1.29, 1.82) is 0 Å². The Hall–Kier alpha value is -3.85. The summed E-state index contributed by atoms with van der Waals surface area (Å²) in [6.45, 7) is 2.74. The fourth-order valence-electron chi connectivity index (χ4n) is 6.33. The van der Waals surface area contributed by atoms with Gasteiger partial charge in [-0.15, -0.1) is 0 Å². The molecule has 294 valence electrons. The number of amides is 1. The number of hydrogen-bond acceptors (Lipinski definition) is 8. The number of aliphatic hydroxyl groups is 1. The third-order valence-electron chi connectivity index (χ3n) is 9.52. The molecule has 2 aromatic carbocycles. The predicted molar refractivity (Wildman–Crippen MR) is 207 cm³/mol. The van der Waals surface area contributed by atoms with Crippen LogP contribution in [0.1, 0.15) is 146 Å². The highest BCUT2D eigenvalue weighted by Gasteiger charge is 2.42. The number of carbonyl (C=O) groups is 3. The molecular formula is C44H65NO8. The first kappa shape index (κ1) is 43.6. The molecule has 2 aromatic rings. The second-order valence-corrected chi connectivity index (χ2v) is 14.2. The lowest BCUT2D eigenvalue weighted by Gasteiger charge is -2.20.